The topological polar surface area (TPSA) is 59.9 Å². The maximum absolute atomic E-state index is 12.5. The number of hydrogen-bond donors (Lipinski definition) is 1. The summed E-state index contributed by atoms with van der Waals surface area (Å²) in [6, 6.07) is 19.1. The third-order valence-electron chi connectivity index (χ3n) is 4.16. The minimum atomic E-state index is -0.343. The molecule has 0 saturated heterocycles. The Kier molecular flexibility index (Phi) is 5.17. The fourth-order valence-electron chi connectivity index (χ4n) is 2.78. The Morgan fingerprint density at radius 2 is 1.69 bits per heavy atom. The molecule has 0 atom stereocenters. The molecule has 3 aromatic rings. The van der Waals surface area contributed by atoms with E-state index in [0.29, 0.717) is 17.1 Å². The summed E-state index contributed by atoms with van der Waals surface area (Å²) in [5, 5.41) is 6.49. The number of hydrogen-bond acceptors (Lipinski definition) is 4. The van der Waals surface area contributed by atoms with Crippen LogP contribution < -0.4 is 14.9 Å². The average Bonchev–Trinajstić information content (AvgIpc) is 2.70. The quantitative estimate of drug-likeness (QED) is 0.560. The van der Waals surface area contributed by atoms with Crippen LogP contribution in [-0.2, 0) is 0 Å². The summed E-state index contributed by atoms with van der Waals surface area (Å²) in [4.78, 5) is 12.5. The van der Waals surface area contributed by atoms with E-state index in [1.807, 2.05) is 49.4 Å². The fourth-order valence-corrected chi connectivity index (χ4v) is 2.78. The fraction of sp³-hybridized carbons (Fsp3) is 0.143. The number of benzene rings is 3. The van der Waals surface area contributed by atoms with Crippen LogP contribution in [0.25, 0.3) is 10.8 Å². The lowest BCUT2D eigenvalue weighted by Crippen LogP contribution is -2.20. The molecule has 0 aliphatic rings. The van der Waals surface area contributed by atoms with Gasteiger partial charge in [-0.15, -0.1) is 0 Å². The number of fused-ring (bicyclic) bond motifs is 1. The number of nitrogens with zero attached hydrogens (tertiary/aromatic N) is 1. The maximum atomic E-state index is 12.5. The first-order valence-corrected chi connectivity index (χ1v) is 8.19. The molecule has 0 aliphatic heterocycles. The van der Waals surface area contributed by atoms with Crippen molar-refractivity contribution in [3.8, 4) is 11.5 Å². The second kappa shape index (κ2) is 7.70. The summed E-state index contributed by atoms with van der Waals surface area (Å²) in [5.74, 6) is 0.706. The standard InChI is InChI=1S/C21H20N2O3/c1-14(17-10-6-8-15-7-4-5-9-18(15)17)22-23-21(24)19-12-11-16(25-2)13-20(19)26-3/h4-13H,1-3H3,(H,23,24). The number of ether oxygens (including phenoxy) is 2. The number of methoxy groups -OCH3 is 2. The van der Waals surface area contributed by atoms with Crippen molar-refractivity contribution >= 4 is 22.4 Å². The number of carbonyl (C=O) groups is 1. The molecular weight excluding hydrogens is 328 g/mol. The van der Waals surface area contributed by atoms with Gasteiger partial charge in [0.25, 0.3) is 5.91 Å². The predicted molar refractivity (Wildman–Crippen MR) is 103 cm³/mol. The second-order valence-corrected chi connectivity index (χ2v) is 5.73. The van der Waals surface area contributed by atoms with Crippen LogP contribution in [0.1, 0.15) is 22.8 Å². The Bertz CT molecular complexity index is 975. The van der Waals surface area contributed by atoms with E-state index in [9.17, 15) is 4.79 Å². The van der Waals surface area contributed by atoms with Gasteiger partial charge in [-0.3, -0.25) is 4.79 Å². The zero-order valence-corrected chi connectivity index (χ0v) is 14.9. The van der Waals surface area contributed by atoms with Gasteiger partial charge in [-0.05, 0) is 29.8 Å². The summed E-state index contributed by atoms with van der Waals surface area (Å²) < 4.78 is 10.4. The highest BCUT2D eigenvalue weighted by Gasteiger charge is 2.13. The zero-order valence-electron chi connectivity index (χ0n) is 14.9. The lowest BCUT2D eigenvalue weighted by atomic mass is 10.0. The van der Waals surface area contributed by atoms with Crippen molar-refractivity contribution < 1.29 is 14.3 Å². The van der Waals surface area contributed by atoms with Gasteiger partial charge in [-0.25, -0.2) is 5.43 Å². The molecule has 0 bridgehead atoms. The summed E-state index contributed by atoms with van der Waals surface area (Å²) in [6.45, 7) is 1.87. The van der Waals surface area contributed by atoms with Crippen LogP contribution in [0.3, 0.4) is 0 Å². The van der Waals surface area contributed by atoms with Gasteiger partial charge in [0.05, 0.1) is 25.5 Å². The largest absolute Gasteiger partial charge is 0.497 e. The van der Waals surface area contributed by atoms with E-state index in [4.69, 9.17) is 9.47 Å². The number of rotatable bonds is 5. The summed E-state index contributed by atoms with van der Waals surface area (Å²) in [5.41, 5.74) is 4.70. The molecule has 0 unspecified atom stereocenters. The molecule has 3 rings (SSSR count). The first-order valence-electron chi connectivity index (χ1n) is 8.19. The van der Waals surface area contributed by atoms with Gasteiger partial charge in [-0.1, -0.05) is 42.5 Å². The van der Waals surface area contributed by atoms with E-state index < -0.39 is 0 Å². The first-order chi connectivity index (χ1) is 12.6. The van der Waals surface area contributed by atoms with Crippen LogP contribution in [0, 0.1) is 0 Å². The van der Waals surface area contributed by atoms with E-state index in [1.54, 1.807) is 25.3 Å². The van der Waals surface area contributed by atoms with Crippen LogP contribution >= 0.6 is 0 Å². The van der Waals surface area contributed by atoms with Crippen molar-refractivity contribution in [3.05, 3.63) is 71.8 Å². The number of amides is 1. The third-order valence-corrected chi connectivity index (χ3v) is 4.16. The SMILES string of the molecule is COc1ccc(C(=O)NN=C(C)c2cccc3ccccc23)c(OC)c1. The molecule has 0 spiro atoms. The van der Waals surface area contributed by atoms with Crippen LogP contribution in [0.2, 0.25) is 0 Å². The van der Waals surface area contributed by atoms with Crippen LogP contribution in [0.15, 0.2) is 65.8 Å². The molecule has 0 radical (unpaired) electrons. The lowest BCUT2D eigenvalue weighted by molar-refractivity contribution is 0.0951. The van der Waals surface area contributed by atoms with Gasteiger partial charge in [0.2, 0.25) is 0 Å². The Hall–Kier alpha value is -3.34. The van der Waals surface area contributed by atoms with Crippen molar-refractivity contribution in [1.82, 2.24) is 5.43 Å². The van der Waals surface area contributed by atoms with Crippen molar-refractivity contribution in [3.63, 3.8) is 0 Å². The van der Waals surface area contributed by atoms with Crippen LogP contribution in [-0.4, -0.2) is 25.8 Å². The molecule has 132 valence electrons. The molecule has 5 heteroatoms. The van der Waals surface area contributed by atoms with E-state index in [1.165, 1.54) is 7.11 Å². The molecule has 26 heavy (non-hydrogen) atoms. The summed E-state index contributed by atoms with van der Waals surface area (Å²) >= 11 is 0. The molecule has 0 fully saturated rings. The van der Waals surface area contributed by atoms with Gasteiger partial charge in [-0.2, -0.15) is 5.10 Å². The number of hydrazone groups is 1. The van der Waals surface area contributed by atoms with Crippen LogP contribution in [0.5, 0.6) is 11.5 Å². The molecule has 0 aliphatic carbocycles. The van der Waals surface area contributed by atoms with Gasteiger partial charge in [0.15, 0.2) is 0 Å². The molecule has 3 aromatic carbocycles. The minimum Gasteiger partial charge on any atom is -0.497 e. The second-order valence-electron chi connectivity index (χ2n) is 5.73. The highest BCUT2D eigenvalue weighted by atomic mass is 16.5. The Balaban J connectivity index is 1.86. The van der Waals surface area contributed by atoms with E-state index in [0.717, 1.165) is 22.0 Å². The monoisotopic (exact) mass is 348 g/mol. The van der Waals surface area contributed by atoms with E-state index in [2.05, 4.69) is 10.5 Å². The highest BCUT2D eigenvalue weighted by Crippen LogP contribution is 2.24. The molecular formula is C21H20N2O3. The van der Waals surface area contributed by atoms with Gasteiger partial charge in [0.1, 0.15) is 11.5 Å². The van der Waals surface area contributed by atoms with Crippen molar-refractivity contribution in [2.24, 2.45) is 5.10 Å². The van der Waals surface area contributed by atoms with Gasteiger partial charge < -0.3 is 9.47 Å². The van der Waals surface area contributed by atoms with Crippen LogP contribution in [0.4, 0.5) is 0 Å². The Morgan fingerprint density at radius 1 is 0.923 bits per heavy atom. The predicted octanol–water partition coefficient (Wildman–Crippen LogP) is 4.01. The lowest BCUT2D eigenvalue weighted by Gasteiger charge is -2.10. The molecule has 0 heterocycles. The Labute approximate surface area is 152 Å². The van der Waals surface area contributed by atoms with Crippen molar-refractivity contribution in [1.29, 1.82) is 0 Å². The third kappa shape index (κ3) is 3.52. The molecule has 0 aromatic heterocycles. The summed E-state index contributed by atoms with van der Waals surface area (Å²) in [6.07, 6.45) is 0. The number of carbonyl (C=O) groups excluding carboxylic acids is 1. The Morgan fingerprint density at radius 3 is 2.46 bits per heavy atom. The smallest absolute Gasteiger partial charge is 0.275 e. The molecule has 1 amide bonds. The average molecular weight is 348 g/mol. The number of nitrogens with one attached hydrogen (secondary N) is 1. The van der Waals surface area contributed by atoms with E-state index in [-0.39, 0.29) is 5.91 Å². The zero-order chi connectivity index (χ0) is 18.5. The molecule has 1 N–H and O–H groups in total. The first kappa shape index (κ1) is 17.5. The molecule has 5 nitrogen and oxygen atoms in total. The van der Waals surface area contributed by atoms with Crippen molar-refractivity contribution in [2.75, 3.05) is 14.2 Å². The molecule has 0 saturated carbocycles. The minimum absolute atomic E-state index is 0.343. The summed E-state index contributed by atoms with van der Waals surface area (Å²) in [7, 11) is 3.07. The van der Waals surface area contributed by atoms with Crippen molar-refractivity contribution in [2.45, 2.75) is 6.92 Å². The van der Waals surface area contributed by atoms with Gasteiger partial charge >= 0.3 is 0 Å². The maximum Gasteiger partial charge on any atom is 0.275 e. The van der Waals surface area contributed by atoms with Gasteiger partial charge in [0, 0.05) is 11.6 Å². The normalized spacial score (nSPS) is 11.3. The highest BCUT2D eigenvalue weighted by molar-refractivity contribution is 6.10. The van der Waals surface area contributed by atoms with E-state index >= 15 is 0 Å².